The lowest BCUT2D eigenvalue weighted by Gasteiger charge is -2.38. The number of nitrogens with one attached hydrogen (secondary N) is 1. The van der Waals surface area contributed by atoms with E-state index in [0.717, 1.165) is 11.3 Å². The summed E-state index contributed by atoms with van der Waals surface area (Å²) < 4.78 is 0. The maximum Gasteiger partial charge on any atom is 0.329 e. The van der Waals surface area contributed by atoms with Crippen molar-refractivity contribution < 1.29 is 14.7 Å². The summed E-state index contributed by atoms with van der Waals surface area (Å²) >= 11 is 1.41. The first-order valence-corrected chi connectivity index (χ1v) is 6.83. The summed E-state index contributed by atoms with van der Waals surface area (Å²) in [6.07, 6.45) is 1.92. The first-order valence-electron chi connectivity index (χ1n) is 5.85. The predicted octanol–water partition coefficient (Wildman–Crippen LogP) is 1.90. The number of carboxylic acids is 1. The van der Waals surface area contributed by atoms with Crippen LogP contribution in [0.15, 0.2) is 35.2 Å². The van der Waals surface area contributed by atoms with Crippen LogP contribution in [-0.4, -0.2) is 28.3 Å². The first-order chi connectivity index (χ1) is 8.62. The second-order valence-electron chi connectivity index (χ2n) is 4.39. The second kappa shape index (κ2) is 5.44. The van der Waals surface area contributed by atoms with Gasteiger partial charge in [0.1, 0.15) is 5.54 Å². The van der Waals surface area contributed by atoms with Crippen molar-refractivity contribution in [2.45, 2.75) is 29.7 Å². The number of aliphatic carboxylic acids is 1. The van der Waals surface area contributed by atoms with Gasteiger partial charge in [0.05, 0.1) is 5.75 Å². The fraction of sp³-hybridized carbons (Fsp3) is 0.385. The molecule has 5 heteroatoms. The van der Waals surface area contributed by atoms with Crippen LogP contribution in [0, 0.1) is 0 Å². The van der Waals surface area contributed by atoms with E-state index in [1.807, 2.05) is 30.3 Å². The van der Waals surface area contributed by atoms with E-state index in [-0.39, 0.29) is 11.7 Å². The molecule has 1 aromatic rings. The van der Waals surface area contributed by atoms with Crippen molar-refractivity contribution in [3.05, 3.63) is 30.3 Å². The van der Waals surface area contributed by atoms with Crippen molar-refractivity contribution in [1.29, 1.82) is 0 Å². The van der Waals surface area contributed by atoms with Crippen LogP contribution < -0.4 is 5.32 Å². The summed E-state index contributed by atoms with van der Waals surface area (Å²) in [6.45, 7) is 0. The zero-order valence-electron chi connectivity index (χ0n) is 9.89. The third-order valence-corrected chi connectivity index (χ3v) is 4.12. The molecule has 0 bridgehead atoms. The monoisotopic (exact) mass is 265 g/mol. The number of hydrogen-bond donors (Lipinski definition) is 2. The molecule has 18 heavy (non-hydrogen) atoms. The lowest BCUT2D eigenvalue weighted by molar-refractivity contribution is -0.151. The second-order valence-corrected chi connectivity index (χ2v) is 5.44. The highest BCUT2D eigenvalue weighted by Crippen LogP contribution is 2.32. The molecule has 1 aliphatic carbocycles. The Morgan fingerprint density at radius 3 is 2.44 bits per heavy atom. The van der Waals surface area contributed by atoms with Crippen LogP contribution in [0.25, 0.3) is 0 Å². The Hall–Kier alpha value is -1.49. The Kier molecular flexibility index (Phi) is 3.91. The van der Waals surface area contributed by atoms with Crippen LogP contribution in [0.2, 0.25) is 0 Å². The van der Waals surface area contributed by atoms with Gasteiger partial charge in [-0.1, -0.05) is 18.2 Å². The van der Waals surface area contributed by atoms with Gasteiger partial charge in [-0.25, -0.2) is 4.79 Å². The molecule has 1 aliphatic rings. The van der Waals surface area contributed by atoms with E-state index in [1.165, 1.54) is 11.8 Å². The minimum absolute atomic E-state index is 0.217. The minimum atomic E-state index is -1.01. The number of thioether (sulfide) groups is 1. The standard InChI is InChI=1S/C13H15NO3S/c15-11(9-18-10-5-2-1-3-6-10)14-13(12(16)17)7-4-8-13/h1-3,5-6H,4,7-9H2,(H,14,15)(H,16,17). The van der Waals surface area contributed by atoms with Gasteiger partial charge >= 0.3 is 5.97 Å². The summed E-state index contributed by atoms with van der Waals surface area (Å²) in [6, 6.07) is 9.58. The number of rotatable bonds is 5. The third-order valence-electron chi connectivity index (χ3n) is 3.11. The van der Waals surface area contributed by atoms with Crippen LogP contribution in [0.4, 0.5) is 0 Å². The van der Waals surface area contributed by atoms with Crippen molar-refractivity contribution in [3.63, 3.8) is 0 Å². The molecule has 1 amide bonds. The molecule has 0 atom stereocenters. The van der Waals surface area contributed by atoms with E-state index in [2.05, 4.69) is 5.32 Å². The molecule has 1 aromatic carbocycles. The van der Waals surface area contributed by atoms with Crippen molar-refractivity contribution >= 4 is 23.6 Å². The van der Waals surface area contributed by atoms with Gasteiger partial charge in [-0.3, -0.25) is 4.79 Å². The van der Waals surface area contributed by atoms with Crippen molar-refractivity contribution in [2.75, 3.05) is 5.75 Å². The highest BCUT2D eigenvalue weighted by Gasteiger charge is 2.45. The quantitative estimate of drug-likeness (QED) is 0.798. The number of benzene rings is 1. The fourth-order valence-electron chi connectivity index (χ4n) is 1.89. The van der Waals surface area contributed by atoms with Gasteiger partial charge in [0.25, 0.3) is 0 Å². The van der Waals surface area contributed by atoms with Gasteiger partial charge in [0, 0.05) is 4.90 Å². The van der Waals surface area contributed by atoms with Gasteiger partial charge in [-0.05, 0) is 31.4 Å². The van der Waals surface area contributed by atoms with Crippen LogP contribution in [0.3, 0.4) is 0 Å². The molecule has 2 N–H and O–H groups in total. The molecule has 0 aliphatic heterocycles. The molecule has 0 saturated heterocycles. The minimum Gasteiger partial charge on any atom is -0.480 e. The number of carbonyl (C=O) groups excluding carboxylic acids is 1. The molecule has 0 spiro atoms. The molecule has 4 nitrogen and oxygen atoms in total. The molecular formula is C13H15NO3S. The summed E-state index contributed by atoms with van der Waals surface area (Å²) in [7, 11) is 0. The number of amides is 1. The van der Waals surface area contributed by atoms with E-state index in [9.17, 15) is 9.59 Å². The third kappa shape index (κ3) is 2.85. The maximum absolute atomic E-state index is 11.7. The van der Waals surface area contributed by atoms with E-state index < -0.39 is 11.5 Å². The molecule has 0 aromatic heterocycles. The normalized spacial score (nSPS) is 16.7. The molecule has 0 radical (unpaired) electrons. The van der Waals surface area contributed by atoms with E-state index in [4.69, 9.17) is 5.11 Å². The van der Waals surface area contributed by atoms with Gasteiger partial charge in [-0.2, -0.15) is 0 Å². The molecular weight excluding hydrogens is 250 g/mol. The average molecular weight is 265 g/mol. The zero-order valence-corrected chi connectivity index (χ0v) is 10.7. The van der Waals surface area contributed by atoms with Crippen molar-refractivity contribution in [1.82, 2.24) is 5.32 Å². The van der Waals surface area contributed by atoms with Gasteiger partial charge in [0.15, 0.2) is 0 Å². The molecule has 0 unspecified atom stereocenters. The lowest BCUT2D eigenvalue weighted by Crippen LogP contribution is -2.59. The fourth-order valence-corrected chi connectivity index (χ4v) is 2.61. The van der Waals surface area contributed by atoms with Gasteiger partial charge < -0.3 is 10.4 Å². The Balaban J connectivity index is 1.84. The van der Waals surface area contributed by atoms with Gasteiger partial charge in [0.2, 0.25) is 5.91 Å². The maximum atomic E-state index is 11.7. The number of carboxylic acid groups (broad SMARTS) is 1. The largest absolute Gasteiger partial charge is 0.480 e. The summed E-state index contributed by atoms with van der Waals surface area (Å²) in [5.74, 6) is -0.892. The Morgan fingerprint density at radius 1 is 1.28 bits per heavy atom. The Bertz CT molecular complexity index is 443. The molecule has 1 fully saturated rings. The SMILES string of the molecule is O=C(CSc1ccccc1)NC1(C(=O)O)CCC1. The topological polar surface area (TPSA) is 66.4 Å². The number of hydrogen-bond acceptors (Lipinski definition) is 3. The Morgan fingerprint density at radius 2 is 1.94 bits per heavy atom. The van der Waals surface area contributed by atoms with Crippen molar-refractivity contribution in [3.8, 4) is 0 Å². The smallest absolute Gasteiger partial charge is 0.329 e. The predicted molar refractivity (Wildman–Crippen MR) is 69.5 cm³/mol. The van der Waals surface area contributed by atoms with Gasteiger partial charge in [-0.15, -0.1) is 11.8 Å². The molecule has 1 saturated carbocycles. The summed E-state index contributed by atoms with van der Waals surface area (Å²) in [4.78, 5) is 23.8. The van der Waals surface area contributed by atoms with Crippen LogP contribution >= 0.6 is 11.8 Å². The van der Waals surface area contributed by atoms with E-state index in [1.54, 1.807) is 0 Å². The highest BCUT2D eigenvalue weighted by atomic mass is 32.2. The summed E-state index contributed by atoms with van der Waals surface area (Å²) in [5, 5.41) is 11.7. The molecule has 2 rings (SSSR count). The average Bonchev–Trinajstić information content (AvgIpc) is 2.32. The summed E-state index contributed by atoms with van der Waals surface area (Å²) in [5.41, 5.74) is -1.01. The van der Waals surface area contributed by atoms with Crippen LogP contribution in [0.5, 0.6) is 0 Å². The Labute approximate surface area is 110 Å². The molecule has 96 valence electrons. The highest BCUT2D eigenvalue weighted by molar-refractivity contribution is 8.00. The van der Waals surface area contributed by atoms with E-state index >= 15 is 0 Å². The van der Waals surface area contributed by atoms with E-state index in [0.29, 0.717) is 12.8 Å². The lowest BCUT2D eigenvalue weighted by atomic mass is 9.77. The first kappa shape index (κ1) is 13.0. The van der Waals surface area contributed by atoms with Crippen LogP contribution in [0.1, 0.15) is 19.3 Å². The zero-order chi connectivity index (χ0) is 13.0. The van der Waals surface area contributed by atoms with Crippen molar-refractivity contribution in [2.24, 2.45) is 0 Å². The molecule has 0 heterocycles. The van der Waals surface area contributed by atoms with Crippen LogP contribution in [-0.2, 0) is 9.59 Å². The number of carbonyl (C=O) groups is 2.